The molecule has 1 aromatic heterocycles. The molecule has 1 saturated heterocycles. The fourth-order valence-electron chi connectivity index (χ4n) is 2.05. The molecule has 4 nitrogen and oxygen atoms in total. The van der Waals surface area contributed by atoms with E-state index in [2.05, 4.69) is 11.9 Å². The van der Waals surface area contributed by atoms with Crippen LogP contribution in [0.2, 0.25) is 0 Å². The van der Waals surface area contributed by atoms with Crippen LogP contribution < -0.4 is 0 Å². The molecule has 0 radical (unpaired) electrons. The van der Waals surface area contributed by atoms with Crippen molar-refractivity contribution < 1.29 is 14.3 Å². The second-order valence-electron chi connectivity index (χ2n) is 4.37. The van der Waals surface area contributed by atoms with Gasteiger partial charge in [0.1, 0.15) is 5.76 Å². The summed E-state index contributed by atoms with van der Waals surface area (Å²) in [5, 5.41) is 8.82. The van der Waals surface area contributed by atoms with Crippen LogP contribution in [0.5, 0.6) is 0 Å². The monoisotopic (exact) mass is 255 g/mol. The highest BCUT2D eigenvalue weighted by Crippen LogP contribution is 2.29. The van der Waals surface area contributed by atoms with Crippen LogP contribution in [0.15, 0.2) is 16.5 Å². The van der Waals surface area contributed by atoms with Crippen LogP contribution in [-0.4, -0.2) is 40.6 Å². The van der Waals surface area contributed by atoms with E-state index in [4.69, 9.17) is 9.52 Å². The van der Waals surface area contributed by atoms with E-state index < -0.39 is 5.97 Å². The Hall–Kier alpha value is -0.940. The lowest BCUT2D eigenvalue weighted by molar-refractivity contribution is 0.0655. The summed E-state index contributed by atoms with van der Waals surface area (Å²) < 4.78 is 5.34. The molecule has 1 aliphatic heterocycles. The highest BCUT2D eigenvalue weighted by Gasteiger charge is 2.26. The van der Waals surface area contributed by atoms with Gasteiger partial charge in [0.15, 0.2) is 0 Å². The highest BCUT2D eigenvalue weighted by molar-refractivity contribution is 7.99. The summed E-state index contributed by atoms with van der Waals surface area (Å²) in [6.07, 6.45) is 1.19. The van der Waals surface area contributed by atoms with E-state index in [9.17, 15) is 4.79 Å². The summed E-state index contributed by atoms with van der Waals surface area (Å²) in [5.74, 6) is 2.08. The lowest BCUT2D eigenvalue weighted by Crippen LogP contribution is -2.33. The van der Waals surface area contributed by atoms with Gasteiger partial charge in [-0.3, -0.25) is 4.90 Å². The lowest BCUT2D eigenvalue weighted by atomic mass is 10.1. The maximum Gasteiger partial charge on any atom is 0.371 e. The Morgan fingerprint density at radius 3 is 2.94 bits per heavy atom. The molecule has 94 valence electrons. The maximum atomic E-state index is 10.8. The van der Waals surface area contributed by atoms with Gasteiger partial charge in [-0.15, -0.1) is 0 Å². The summed E-state index contributed by atoms with van der Waals surface area (Å²) >= 11 is 1.97. The Morgan fingerprint density at radius 1 is 1.65 bits per heavy atom. The van der Waals surface area contributed by atoms with Crippen molar-refractivity contribution in [2.75, 3.05) is 18.6 Å². The number of carboxylic acid groups (broad SMARTS) is 1. The average molecular weight is 255 g/mol. The number of rotatable bonds is 4. The first-order valence-corrected chi connectivity index (χ1v) is 6.87. The number of thioether (sulfide) groups is 1. The number of carbonyl (C=O) groups is 1. The Labute approximate surface area is 105 Å². The van der Waals surface area contributed by atoms with Gasteiger partial charge in [0.05, 0.1) is 6.04 Å². The van der Waals surface area contributed by atoms with Gasteiger partial charge in [-0.2, -0.15) is 11.8 Å². The summed E-state index contributed by atoms with van der Waals surface area (Å²) in [4.78, 5) is 13.0. The molecule has 0 saturated carbocycles. The van der Waals surface area contributed by atoms with Crippen molar-refractivity contribution in [3.8, 4) is 0 Å². The third-order valence-corrected chi connectivity index (χ3v) is 4.49. The van der Waals surface area contributed by atoms with Crippen LogP contribution in [-0.2, 0) is 0 Å². The van der Waals surface area contributed by atoms with Crippen LogP contribution in [0, 0.1) is 0 Å². The number of nitrogens with zero attached hydrogens (tertiary/aromatic N) is 1. The van der Waals surface area contributed by atoms with Gasteiger partial charge in [0, 0.05) is 11.8 Å². The van der Waals surface area contributed by atoms with E-state index in [-0.39, 0.29) is 11.8 Å². The van der Waals surface area contributed by atoms with Gasteiger partial charge < -0.3 is 9.52 Å². The third kappa shape index (κ3) is 2.66. The second kappa shape index (κ2) is 5.14. The van der Waals surface area contributed by atoms with Crippen molar-refractivity contribution in [2.24, 2.45) is 0 Å². The minimum atomic E-state index is -1.01. The molecule has 0 aromatic carbocycles. The first-order valence-electron chi connectivity index (χ1n) is 5.72. The normalized spacial score (nSPS) is 21.9. The quantitative estimate of drug-likeness (QED) is 0.895. The summed E-state index contributed by atoms with van der Waals surface area (Å²) in [7, 11) is 2.07. The largest absolute Gasteiger partial charge is 0.475 e. The van der Waals surface area contributed by atoms with E-state index in [1.807, 2.05) is 18.7 Å². The van der Waals surface area contributed by atoms with Gasteiger partial charge in [0.2, 0.25) is 5.76 Å². The van der Waals surface area contributed by atoms with E-state index in [1.165, 1.54) is 18.2 Å². The predicted molar refractivity (Wildman–Crippen MR) is 67.6 cm³/mol. The maximum absolute atomic E-state index is 10.8. The first kappa shape index (κ1) is 12.5. The molecule has 1 aliphatic rings. The smallest absolute Gasteiger partial charge is 0.371 e. The summed E-state index contributed by atoms with van der Waals surface area (Å²) in [6.45, 7) is 2.05. The van der Waals surface area contributed by atoms with Crippen molar-refractivity contribution in [3.63, 3.8) is 0 Å². The zero-order valence-electron chi connectivity index (χ0n) is 10.0. The third-order valence-electron chi connectivity index (χ3n) is 3.34. The van der Waals surface area contributed by atoms with Crippen molar-refractivity contribution in [3.05, 3.63) is 23.7 Å². The molecule has 2 unspecified atom stereocenters. The van der Waals surface area contributed by atoms with Crippen LogP contribution >= 0.6 is 11.8 Å². The Morgan fingerprint density at radius 2 is 2.41 bits per heavy atom. The number of hydrogen-bond donors (Lipinski definition) is 1. The molecule has 5 heteroatoms. The Kier molecular flexibility index (Phi) is 3.79. The van der Waals surface area contributed by atoms with E-state index in [1.54, 1.807) is 6.07 Å². The van der Waals surface area contributed by atoms with E-state index in [0.29, 0.717) is 6.04 Å². The van der Waals surface area contributed by atoms with Crippen LogP contribution in [0.3, 0.4) is 0 Å². The van der Waals surface area contributed by atoms with Gasteiger partial charge in [0.25, 0.3) is 0 Å². The molecule has 0 amide bonds. The average Bonchev–Trinajstić information content (AvgIpc) is 2.97. The molecular formula is C12H17NO3S. The van der Waals surface area contributed by atoms with E-state index in [0.717, 1.165) is 11.5 Å². The first-order chi connectivity index (χ1) is 8.09. The fourth-order valence-corrected chi connectivity index (χ4v) is 3.33. The number of aromatic carboxylic acids is 1. The molecule has 0 aliphatic carbocycles. The van der Waals surface area contributed by atoms with E-state index >= 15 is 0 Å². The summed E-state index contributed by atoms with van der Waals surface area (Å²) in [5.41, 5.74) is 0. The van der Waals surface area contributed by atoms with Gasteiger partial charge >= 0.3 is 5.97 Å². The van der Waals surface area contributed by atoms with Gasteiger partial charge in [-0.1, -0.05) is 0 Å². The molecule has 1 fully saturated rings. The molecular weight excluding hydrogens is 238 g/mol. The molecule has 0 spiro atoms. The fraction of sp³-hybridized carbons (Fsp3) is 0.583. The number of hydrogen-bond acceptors (Lipinski definition) is 4. The van der Waals surface area contributed by atoms with Crippen LogP contribution in [0.1, 0.15) is 35.7 Å². The molecule has 2 heterocycles. The minimum absolute atomic E-state index is 0.0149. The van der Waals surface area contributed by atoms with Crippen LogP contribution in [0.4, 0.5) is 0 Å². The lowest BCUT2D eigenvalue weighted by Gasteiger charge is -2.28. The van der Waals surface area contributed by atoms with Gasteiger partial charge in [-0.25, -0.2) is 4.79 Å². The SMILES string of the molecule is CC(c1ccc(C(=O)O)o1)N(C)C1CCSC1. The number of carboxylic acids is 1. The topological polar surface area (TPSA) is 53.7 Å². The predicted octanol–water partition coefficient (Wildman–Crippen LogP) is 2.48. The zero-order valence-corrected chi connectivity index (χ0v) is 10.9. The molecule has 2 atom stereocenters. The highest BCUT2D eigenvalue weighted by atomic mass is 32.2. The van der Waals surface area contributed by atoms with Crippen LogP contribution in [0.25, 0.3) is 0 Å². The molecule has 2 rings (SSSR count). The molecule has 17 heavy (non-hydrogen) atoms. The minimum Gasteiger partial charge on any atom is -0.475 e. The van der Waals surface area contributed by atoms with Crippen molar-refractivity contribution >= 4 is 17.7 Å². The molecule has 1 aromatic rings. The Bertz CT molecular complexity index is 398. The summed E-state index contributed by atoms with van der Waals surface area (Å²) in [6, 6.07) is 3.96. The van der Waals surface area contributed by atoms with Gasteiger partial charge in [-0.05, 0) is 38.3 Å². The standard InChI is InChI=1S/C12H17NO3S/c1-8(13(2)9-5-6-17-7-9)10-3-4-11(16-10)12(14)15/h3-4,8-9H,5-7H2,1-2H3,(H,14,15). The Balaban J connectivity index is 2.06. The van der Waals surface area contributed by atoms with Crippen molar-refractivity contribution in [2.45, 2.75) is 25.4 Å². The second-order valence-corrected chi connectivity index (χ2v) is 5.52. The molecule has 0 bridgehead atoms. The molecule has 1 N–H and O–H groups in total. The van der Waals surface area contributed by atoms with Crippen molar-refractivity contribution in [1.82, 2.24) is 4.90 Å². The van der Waals surface area contributed by atoms with Crippen molar-refractivity contribution in [1.29, 1.82) is 0 Å². The zero-order chi connectivity index (χ0) is 12.4. The number of furan rings is 1.